The number of anilines is 5. The quantitative estimate of drug-likeness (QED) is 0.254. The monoisotopic (exact) mass is 529 g/mol. The van der Waals surface area contributed by atoms with E-state index < -0.39 is 0 Å². The van der Waals surface area contributed by atoms with Gasteiger partial charge in [-0.05, 0) is 61.5 Å². The molecule has 1 aromatic carbocycles. The molecule has 0 aliphatic carbocycles. The number of nitrogens with zero attached hydrogens (tertiary/aromatic N) is 6. The van der Waals surface area contributed by atoms with Gasteiger partial charge in [0.05, 0.1) is 36.3 Å². The standard InChI is InChI=1S/C30H27N9O/c1-19-14-21(5-8-31-19)35-22-16-27-30(34-18-22)38-29(37-27)20-4-7-33-28(15-20)36-26-6-9-32-25-3-2-23(17-24(25)26)39-10-12-40-13-11-39/h2-9,14-18H,10-13H2,1H3,(H,31,35)(H,32,33,36)(H,34,37,38). The van der Waals surface area contributed by atoms with Crippen LogP contribution in [0.5, 0.6) is 0 Å². The van der Waals surface area contributed by atoms with Crippen LogP contribution in [0, 0.1) is 6.92 Å². The van der Waals surface area contributed by atoms with Crippen molar-refractivity contribution in [2.45, 2.75) is 6.92 Å². The molecule has 10 heteroatoms. The van der Waals surface area contributed by atoms with Crippen molar-refractivity contribution in [3.8, 4) is 11.4 Å². The van der Waals surface area contributed by atoms with Crippen LogP contribution in [0.1, 0.15) is 5.69 Å². The number of hydrogen-bond donors (Lipinski definition) is 3. The molecule has 198 valence electrons. The summed E-state index contributed by atoms with van der Waals surface area (Å²) in [7, 11) is 0. The van der Waals surface area contributed by atoms with E-state index in [1.54, 1.807) is 18.6 Å². The van der Waals surface area contributed by atoms with Crippen LogP contribution in [0.25, 0.3) is 33.5 Å². The van der Waals surface area contributed by atoms with Crippen molar-refractivity contribution < 1.29 is 4.74 Å². The first-order valence-corrected chi connectivity index (χ1v) is 13.2. The van der Waals surface area contributed by atoms with Gasteiger partial charge in [-0.2, -0.15) is 0 Å². The lowest BCUT2D eigenvalue weighted by atomic mass is 10.1. The predicted molar refractivity (Wildman–Crippen MR) is 157 cm³/mol. The molecule has 1 saturated heterocycles. The lowest BCUT2D eigenvalue weighted by molar-refractivity contribution is 0.122. The van der Waals surface area contributed by atoms with Crippen LogP contribution in [0.4, 0.5) is 28.6 Å². The van der Waals surface area contributed by atoms with E-state index in [0.717, 1.165) is 82.6 Å². The fourth-order valence-electron chi connectivity index (χ4n) is 4.94. The van der Waals surface area contributed by atoms with E-state index in [1.165, 1.54) is 0 Å². The van der Waals surface area contributed by atoms with E-state index in [1.807, 2.05) is 49.5 Å². The molecule has 0 radical (unpaired) electrons. The number of fused-ring (bicyclic) bond motifs is 2. The Balaban J connectivity index is 1.16. The van der Waals surface area contributed by atoms with E-state index in [9.17, 15) is 0 Å². The second-order valence-electron chi connectivity index (χ2n) is 9.70. The number of hydrogen-bond acceptors (Lipinski definition) is 9. The minimum absolute atomic E-state index is 0.714. The van der Waals surface area contributed by atoms with Crippen LogP contribution in [0.15, 0.2) is 79.4 Å². The first kappa shape index (κ1) is 24.0. The smallest absolute Gasteiger partial charge is 0.157 e. The molecule has 40 heavy (non-hydrogen) atoms. The first-order chi connectivity index (χ1) is 19.7. The van der Waals surface area contributed by atoms with Crippen LogP contribution < -0.4 is 15.5 Å². The summed E-state index contributed by atoms with van der Waals surface area (Å²) in [5, 5.41) is 7.90. The summed E-state index contributed by atoms with van der Waals surface area (Å²) in [5.41, 5.74) is 8.18. The number of H-pyrrole nitrogens is 1. The average Bonchev–Trinajstić information content (AvgIpc) is 3.42. The Morgan fingerprint density at radius 2 is 1.68 bits per heavy atom. The number of rotatable bonds is 6. The molecule has 0 atom stereocenters. The Labute approximate surface area is 230 Å². The molecule has 0 saturated carbocycles. The number of aromatic amines is 1. The molecule has 0 unspecified atom stereocenters. The second kappa shape index (κ2) is 10.2. The van der Waals surface area contributed by atoms with Crippen LogP contribution in [0.3, 0.4) is 0 Å². The van der Waals surface area contributed by atoms with Gasteiger partial charge >= 0.3 is 0 Å². The SMILES string of the molecule is Cc1cc(Nc2cnc3[nH]c(-c4ccnc(Nc5ccnc6ccc(N7CCOCC7)cc56)c4)nc3c2)ccn1. The lowest BCUT2D eigenvalue weighted by Crippen LogP contribution is -2.36. The molecular formula is C30H27N9O. The third kappa shape index (κ3) is 4.87. The molecule has 5 aromatic heterocycles. The van der Waals surface area contributed by atoms with Crippen molar-refractivity contribution >= 4 is 50.6 Å². The number of nitrogens with one attached hydrogen (secondary N) is 3. The molecule has 1 aliphatic rings. The highest BCUT2D eigenvalue weighted by molar-refractivity contribution is 5.95. The number of imidazole rings is 1. The molecular weight excluding hydrogens is 502 g/mol. The number of morpholine rings is 1. The van der Waals surface area contributed by atoms with Gasteiger partial charge in [-0.3, -0.25) is 9.97 Å². The van der Waals surface area contributed by atoms with E-state index in [0.29, 0.717) is 11.5 Å². The van der Waals surface area contributed by atoms with Gasteiger partial charge in [0.1, 0.15) is 17.2 Å². The number of pyridine rings is 4. The Morgan fingerprint density at radius 3 is 2.58 bits per heavy atom. The lowest BCUT2D eigenvalue weighted by Gasteiger charge is -2.29. The van der Waals surface area contributed by atoms with Crippen molar-refractivity contribution in [3.05, 3.63) is 85.1 Å². The first-order valence-electron chi connectivity index (χ1n) is 13.2. The topological polar surface area (TPSA) is 117 Å². The molecule has 1 fully saturated rings. The van der Waals surface area contributed by atoms with Gasteiger partial charge in [-0.1, -0.05) is 0 Å². The fourth-order valence-corrected chi connectivity index (χ4v) is 4.94. The fraction of sp³-hybridized carbons (Fsp3) is 0.167. The van der Waals surface area contributed by atoms with E-state index >= 15 is 0 Å². The number of aryl methyl sites for hydroxylation is 1. The van der Waals surface area contributed by atoms with E-state index in [-0.39, 0.29) is 0 Å². The highest BCUT2D eigenvalue weighted by atomic mass is 16.5. The number of ether oxygens (including phenoxy) is 1. The third-order valence-corrected chi connectivity index (χ3v) is 6.92. The van der Waals surface area contributed by atoms with Crippen LogP contribution in [0.2, 0.25) is 0 Å². The van der Waals surface area contributed by atoms with Crippen molar-refractivity contribution in [3.63, 3.8) is 0 Å². The van der Waals surface area contributed by atoms with Gasteiger partial charge in [0.25, 0.3) is 0 Å². The van der Waals surface area contributed by atoms with E-state index in [2.05, 4.69) is 58.7 Å². The molecule has 3 N–H and O–H groups in total. The molecule has 0 spiro atoms. The summed E-state index contributed by atoms with van der Waals surface area (Å²) >= 11 is 0. The summed E-state index contributed by atoms with van der Waals surface area (Å²) in [6.45, 7) is 5.21. The zero-order valence-corrected chi connectivity index (χ0v) is 21.9. The maximum absolute atomic E-state index is 5.52. The molecule has 7 rings (SSSR count). The Morgan fingerprint density at radius 1 is 0.800 bits per heavy atom. The third-order valence-electron chi connectivity index (χ3n) is 6.92. The predicted octanol–water partition coefficient (Wildman–Crippen LogP) is 5.60. The average molecular weight is 530 g/mol. The van der Waals surface area contributed by atoms with Crippen molar-refractivity contribution in [2.24, 2.45) is 0 Å². The molecule has 10 nitrogen and oxygen atoms in total. The Kier molecular flexibility index (Phi) is 6.14. The van der Waals surface area contributed by atoms with Gasteiger partial charge in [-0.25, -0.2) is 15.0 Å². The summed E-state index contributed by atoms with van der Waals surface area (Å²) in [6.07, 6.45) is 7.16. The summed E-state index contributed by atoms with van der Waals surface area (Å²) in [6, 6.07) is 18.2. The van der Waals surface area contributed by atoms with Gasteiger partial charge in [0, 0.05) is 59.7 Å². The molecule has 6 heterocycles. The Bertz CT molecular complexity index is 1830. The van der Waals surface area contributed by atoms with Crippen molar-refractivity contribution in [2.75, 3.05) is 41.8 Å². The van der Waals surface area contributed by atoms with Crippen LogP contribution in [-0.4, -0.2) is 56.2 Å². The Hall–Kier alpha value is -5.09. The maximum Gasteiger partial charge on any atom is 0.157 e. The second-order valence-corrected chi connectivity index (χ2v) is 9.70. The van der Waals surface area contributed by atoms with Gasteiger partial charge < -0.3 is 25.3 Å². The zero-order valence-electron chi connectivity index (χ0n) is 21.9. The summed E-state index contributed by atoms with van der Waals surface area (Å²) in [5.74, 6) is 1.43. The summed E-state index contributed by atoms with van der Waals surface area (Å²) in [4.78, 5) is 28.4. The van der Waals surface area contributed by atoms with Crippen molar-refractivity contribution in [1.29, 1.82) is 0 Å². The summed E-state index contributed by atoms with van der Waals surface area (Å²) < 4.78 is 5.52. The van der Waals surface area contributed by atoms with Crippen LogP contribution >= 0.6 is 0 Å². The largest absolute Gasteiger partial charge is 0.378 e. The molecule has 1 aliphatic heterocycles. The number of benzene rings is 1. The zero-order chi connectivity index (χ0) is 26.9. The van der Waals surface area contributed by atoms with Gasteiger partial charge in [0.15, 0.2) is 5.65 Å². The highest BCUT2D eigenvalue weighted by Gasteiger charge is 2.14. The number of aromatic nitrogens is 6. The maximum atomic E-state index is 5.52. The van der Waals surface area contributed by atoms with Crippen molar-refractivity contribution in [1.82, 2.24) is 29.9 Å². The van der Waals surface area contributed by atoms with Gasteiger partial charge in [-0.15, -0.1) is 0 Å². The van der Waals surface area contributed by atoms with Gasteiger partial charge in [0.2, 0.25) is 0 Å². The normalized spacial score (nSPS) is 13.6. The minimum Gasteiger partial charge on any atom is -0.378 e. The highest BCUT2D eigenvalue weighted by Crippen LogP contribution is 2.30. The van der Waals surface area contributed by atoms with E-state index in [4.69, 9.17) is 9.72 Å². The molecule has 0 bridgehead atoms. The molecule has 6 aromatic rings. The molecule has 0 amide bonds. The van der Waals surface area contributed by atoms with Crippen LogP contribution in [-0.2, 0) is 4.74 Å². The minimum atomic E-state index is 0.714.